The minimum absolute atomic E-state index is 0.104. The molecule has 0 saturated carbocycles. The number of aromatic nitrogens is 2. The topological polar surface area (TPSA) is 84.7 Å². The molecule has 1 aromatic carbocycles. The van der Waals surface area contributed by atoms with E-state index >= 15 is 0 Å². The minimum Gasteiger partial charge on any atom is -0.481 e. The number of carbonyl (C=O) groups is 1. The summed E-state index contributed by atoms with van der Waals surface area (Å²) in [4.78, 5) is 29.5. The largest absolute Gasteiger partial charge is 0.481 e. The van der Waals surface area contributed by atoms with Crippen LogP contribution in [0.1, 0.15) is 19.0 Å². The van der Waals surface area contributed by atoms with E-state index in [0.717, 1.165) is 35.4 Å². The lowest BCUT2D eigenvalue weighted by molar-refractivity contribution is -0.137. The van der Waals surface area contributed by atoms with Gasteiger partial charge < -0.3 is 14.7 Å². The number of carboxylic acids is 1. The number of morpholine rings is 1. The highest BCUT2D eigenvalue weighted by molar-refractivity contribution is 5.85. The van der Waals surface area contributed by atoms with Gasteiger partial charge in [0.05, 0.1) is 30.8 Å². The van der Waals surface area contributed by atoms with Gasteiger partial charge in [-0.25, -0.2) is 4.79 Å². The molecule has 0 atom stereocenters. The molecule has 1 aliphatic rings. The van der Waals surface area contributed by atoms with Crippen molar-refractivity contribution >= 4 is 22.6 Å². The third-order valence-corrected chi connectivity index (χ3v) is 4.30. The van der Waals surface area contributed by atoms with E-state index in [-0.39, 0.29) is 18.7 Å². The van der Waals surface area contributed by atoms with Crippen molar-refractivity contribution in [2.24, 2.45) is 0 Å². The first-order valence-electron chi connectivity index (χ1n) is 8.18. The summed E-state index contributed by atoms with van der Waals surface area (Å²) in [6.07, 6.45) is 0.547. The van der Waals surface area contributed by atoms with Crippen molar-refractivity contribution in [3.05, 3.63) is 34.4 Å². The van der Waals surface area contributed by atoms with E-state index in [4.69, 9.17) is 9.84 Å². The van der Waals surface area contributed by atoms with E-state index in [1.165, 1.54) is 4.57 Å². The molecule has 2 aromatic rings. The maximum absolute atomic E-state index is 12.2. The summed E-state index contributed by atoms with van der Waals surface area (Å²) in [6, 6.07) is 5.91. The molecule has 0 spiro atoms. The third-order valence-electron chi connectivity index (χ3n) is 4.30. The quantitative estimate of drug-likeness (QED) is 0.888. The van der Waals surface area contributed by atoms with Gasteiger partial charge in [0.2, 0.25) is 0 Å². The molecule has 0 radical (unpaired) electrons. The van der Waals surface area contributed by atoms with Gasteiger partial charge in [0, 0.05) is 30.7 Å². The number of nitrogens with zero attached hydrogens (tertiary/aromatic N) is 3. The Balaban J connectivity index is 2.08. The SMILES string of the molecule is CCc1nc(=O)n(CCC(=O)O)c2ccc(N3CCOCC3)cc12. The van der Waals surface area contributed by atoms with Gasteiger partial charge in [-0.1, -0.05) is 6.92 Å². The number of benzene rings is 1. The van der Waals surface area contributed by atoms with E-state index in [1.54, 1.807) is 0 Å². The lowest BCUT2D eigenvalue weighted by atomic mass is 10.1. The molecule has 0 bridgehead atoms. The lowest BCUT2D eigenvalue weighted by Crippen LogP contribution is -2.36. The number of rotatable bonds is 5. The maximum atomic E-state index is 12.2. The first-order valence-corrected chi connectivity index (χ1v) is 8.18. The Labute approximate surface area is 139 Å². The Hall–Kier alpha value is -2.41. The molecule has 1 aromatic heterocycles. The third kappa shape index (κ3) is 3.26. The predicted octanol–water partition coefficient (Wildman–Crippen LogP) is 1.27. The molecule has 1 saturated heterocycles. The fraction of sp³-hybridized carbons (Fsp3) is 0.471. The zero-order chi connectivity index (χ0) is 17.1. The Kier molecular flexibility index (Phi) is 4.80. The average Bonchev–Trinajstić information content (AvgIpc) is 2.60. The monoisotopic (exact) mass is 331 g/mol. The summed E-state index contributed by atoms with van der Waals surface area (Å²) in [5.41, 5.74) is 2.17. The van der Waals surface area contributed by atoms with E-state index in [0.29, 0.717) is 19.6 Å². The fourth-order valence-electron chi connectivity index (χ4n) is 3.04. The Morgan fingerprint density at radius 1 is 1.33 bits per heavy atom. The zero-order valence-corrected chi connectivity index (χ0v) is 13.7. The number of ether oxygens (including phenoxy) is 1. The number of carboxylic acid groups (broad SMARTS) is 1. The Morgan fingerprint density at radius 3 is 2.75 bits per heavy atom. The highest BCUT2D eigenvalue weighted by Gasteiger charge is 2.15. The fourth-order valence-corrected chi connectivity index (χ4v) is 3.04. The number of fused-ring (bicyclic) bond motifs is 1. The normalized spacial score (nSPS) is 15.0. The molecular weight excluding hydrogens is 310 g/mol. The molecule has 1 fully saturated rings. The summed E-state index contributed by atoms with van der Waals surface area (Å²) in [5, 5.41) is 9.81. The van der Waals surface area contributed by atoms with Crippen LogP contribution in [0.5, 0.6) is 0 Å². The van der Waals surface area contributed by atoms with Crippen LogP contribution in [0.3, 0.4) is 0 Å². The molecule has 2 heterocycles. The molecule has 24 heavy (non-hydrogen) atoms. The number of hydrogen-bond donors (Lipinski definition) is 1. The van der Waals surface area contributed by atoms with Gasteiger partial charge in [-0.05, 0) is 24.6 Å². The maximum Gasteiger partial charge on any atom is 0.348 e. The van der Waals surface area contributed by atoms with Crippen molar-refractivity contribution in [3.63, 3.8) is 0 Å². The second-order valence-corrected chi connectivity index (χ2v) is 5.79. The number of aryl methyl sites for hydroxylation is 2. The van der Waals surface area contributed by atoms with Gasteiger partial charge in [-0.3, -0.25) is 9.36 Å². The molecule has 7 nitrogen and oxygen atoms in total. The summed E-state index contributed by atoms with van der Waals surface area (Å²) >= 11 is 0. The van der Waals surface area contributed by atoms with Crippen LogP contribution in [-0.2, 0) is 22.5 Å². The smallest absolute Gasteiger partial charge is 0.348 e. The standard InChI is InChI=1S/C17H21N3O4/c1-2-14-13-11-12(19-7-9-24-10-8-19)3-4-15(13)20(17(23)18-14)6-5-16(21)22/h3-4,11H,2,5-10H2,1H3,(H,21,22). The van der Waals surface area contributed by atoms with Crippen molar-refractivity contribution in [2.45, 2.75) is 26.3 Å². The average molecular weight is 331 g/mol. The van der Waals surface area contributed by atoms with Gasteiger partial charge >= 0.3 is 11.7 Å². The summed E-state index contributed by atoms with van der Waals surface area (Å²) in [7, 11) is 0. The van der Waals surface area contributed by atoms with E-state index in [1.807, 2.05) is 25.1 Å². The second-order valence-electron chi connectivity index (χ2n) is 5.79. The molecule has 0 amide bonds. The predicted molar refractivity (Wildman–Crippen MR) is 90.7 cm³/mol. The van der Waals surface area contributed by atoms with E-state index in [2.05, 4.69) is 9.88 Å². The van der Waals surface area contributed by atoms with Crippen molar-refractivity contribution in [1.29, 1.82) is 0 Å². The summed E-state index contributed by atoms with van der Waals surface area (Å²) in [6.45, 7) is 5.16. The van der Waals surface area contributed by atoms with Crippen molar-refractivity contribution in [3.8, 4) is 0 Å². The number of aliphatic carboxylic acids is 1. The van der Waals surface area contributed by atoms with Crippen LogP contribution in [0, 0.1) is 0 Å². The second kappa shape index (κ2) is 7.00. The van der Waals surface area contributed by atoms with Gasteiger partial charge in [-0.2, -0.15) is 4.98 Å². The van der Waals surface area contributed by atoms with Gasteiger partial charge in [-0.15, -0.1) is 0 Å². The minimum atomic E-state index is -0.931. The van der Waals surface area contributed by atoms with Crippen LogP contribution in [0.4, 0.5) is 5.69 Å². The Morgan fingerprint density at radius 2 is 2.08 bits per heavy atom. The van der Waals surface area contributed by atoms with E-state index < -0.39 is 5.97 Å². The molecule has 1 aliphatic heterocycles. The van der Waals surface area contributed by atoms with Gasteiger partial charge in [0.15, 0.2) is 0 Å². The summed E-state index contributed by atoms with van der Waals surface area (Å²) < 4.78 is 6.84. The van der Waals surface area contributed by atoms with E-state index in [9.17, 15) is 9.59 Å². The van der Waals surface area contributed by atoms with Crippen molar-refractivity contribution in [2.75, 3.05) is 31.2 Å². The highest BCUT2D eigenvalue weighted by Crippen LogP contribution is 2.24. The van der Waals surface area contributed by atoms with Crippen LogP contribution in [0.2, 0.25) is 0 Å². The van der Waals surface area contributed by atoms with Crippen LogP contribution in [0.15, 0.2) is 23.0 Å². The Bertz CT molecular complexity index is 809. The van der Waals surface area contributed by atoms with Gasteiger partial charge in [0.1, 0.15) is 0 Å². The molecular formula is C17H21N3O4. The van der Waals surface area contributed by atoms with Crippen LogP contribution >= 0.6 is 0 Å². The van der Waals surface area contributed by atoms with Crippen LogP contribution in [0.25, 0.3) is 10.9 Å². The molecule has 3 rings (SSSR count). The van der Waals surface area contributed by atoms with Crippen molar-refractivity contribution < 1.29 is 14.6 Å². The molecule has 1 N–H and O–H groups in total. The van der Waals surface area contributed by atoms with Crippen molar-refractivity contribution in [1.82, 2.24) is 9.55 Å². The van der Waals surface area contributed by atoms with Gasteiger partial charge in [0.25, 0.3) is 0 Å². The molecule has 128 valence electrons. The first kappa shape index (κ1) is 16.4. The molecule has 7 heteroatoms. The number of anilines is 1. The molecule has 0 aliphatic carbocycles. The lowest BCUT2D eigenvalue weighted by Gasteiger charge is -2.29. The van der Waals surface area contributed by atoms with Crippen LogP contribution < -0.4 is 10.6 Å². The highest BCUT2D eigenvalue weighted by atomic mass is 16.5. The van der Waals surface area contributed by atoms with Crippen LogP contribution in [-0.4, -0.2) is 46.9 Å². The zero-order valence-electron chi connectivity index (χ0n) is 13.7. The molecule has 0 unspecified atom stereocenters. The summed E-state index contributed by atoms with van der Waals surface area (Å²) in [5.74, 6) is -0.931. The number of hydrogen-bond acceptors (Lipinski definition) is 5. The first-order chi connectivity index (χ1) is 11.6.